The number of hydrogen-bond acceptors (Lipinski definition) is 10. The third kappa shape index (κ3) is 5.75. The Bertz CT molecular complexity index is 2680. The first-order valence-corrected chi connectivity index (χ1v) is 18.6. The van der Waals surface area contributed by atoms with Crippen LogP contribution in [-0.2, 0) is 20.2 Å². The highest BCUT2D eigenvalue weighted by atomic mass is 35.5. The Balaban J connectivity index is 1.23. The zero-order valence-electron chi connectivity index (χ0n) is 30.9. The molecule has 6 heterocycles. The summed E-state index contributed by atoms with van der Waals surface area (Å²) >= 11 is 6.47. The first-order chi connectivity index (χ1) is 27.9. The maximum absolute atomic E-state index is 7.07. The lowest BCUT2D eigenvalue weighted by Gasteiger charge is -2.33. The number of oxime groups is 2. The normalized spacial score (nSPS) is 19.2. The number of para-hydroxylation sites is 2. The van der Waals surface area contributed by atoms with Crippen LogP contribution < -0.4 is 14.2 Å². The molecule has 2 aromatic heterocycles. The molecular formula is C44H33ClN6O6. The molecule has 0 unspecified atom stereocenters. The quantitative estimate of drug-likeness (QED) is 0.170. The molecule has 11 rings (SSSR count). The third-order valence-electron chi connectivity index (χ3n) is 10.2. The molecule has 3 atom stereocenters. The van der Waals surface area contributed by atoms with Gasteiger partial charge in [0.2, 0.25) is 17.9 Å². The van der Waals surface area contributed by atoms with Gasteiger partial charge in [0, 0.05) is 10.6 Å². The van der Waals surface area contributed by atoms with Crippen molar-refractivity contribution in [2.45, 2.75) is 31.7 Å². The molecule has 0 fully saturated rings. The van der Waals surface area contributed by atoms with E-state index in [0.29, 0.717) is 67.8 Å². The first-order valence-electron chi connectivity index (χ1n) is 18.3. The van der Waals surface area contributed by atoms with Crippen LogP contribution in [0.15, 0.2) is 144 Å². The Morgan fingerprint density at radius 2 is 1.21 bits per heavy atom. The average molecular weight is 777 g/mol. The maximum Gasteiger partial charge on any atom is 0.344 e. The van der Waals surface area contributed by atoms with Crippen molar-refractivity contribution in [3.05, 3.63) is 172 Å². The zero-order chi connectivity index (χ0) is 38.7. The van der Waals surface area contributed by atoms with E-state index in [1.54, 1.807) is 16.5 Å². The van der Waals surface area contributed by atoms with Crippen molar-refractivity contribution in [1.82, 2.24) is 19.6 Å². The smallest absolute Gasteiger partial charge is 0.344 e. The fourth-order valence-corrected chi connectivity index (χ4v) is 7.62. The molecule has 13 heteroatoms. The minimum atomic E-state index is -1.70. The van der Waals surface area contributed by atoms with E-state index < -0.39 is 17.8 Å². The van der Waals surface area contributed by atoms with Gasteiger partial charge in [-0.1, -0.05) is 65.3 Å². The van der Waals surface area contributed by atoms with Crippen LogP contribution in [0, 0.1) is 13.8 Å². The Kier molecular flexibility index (Phi) is 8.22. The molecule has 4 aliphatic heterocycles. The monoisotopic (exact) mass is 776 g/mol. The van der Waals surface area contributed by atoms with Crippen LogP contribution >= 0.6 is 11.6 Å². The van der Waals surface area contributed by atoms with Crippen LogP contribution in [0.5, 0.6) is 29.0 Å². The maximum atomic E-state index is 7.07. The molecule has 282 valence electrons. The van der Waals surface area contributed by atoms with Gasteiger partial charge in [0.15, 0.2) is 0 Å². The van der Waals surface area contributed by atoms with Crippen molar-refractivity contribution in [1.29, 1.82) is 0 Å². The molecule has 0 saturated heterocycles. The second-order valence-electron chi connectivity index (χ2n) is 13.7. The summed E-state index contributed by atoms with van der Waals surface area (Å²) in [5, 5.41) is 20.0. The van der Waals surface area contributed by atoms with Crippen molar-refractivity contribution in [2.24, 2.45) is 10.3 Å². The van der Waals surface area contributed by atoms with Gasteiger partial charge >= 0.3 is 5.79 Å². The predicted octanol–water partition coefficient (Wildman–Crippen LogP) is 9.38. The minimum Gasteiger partial charge on any atom is -0.497 e. The van der Waals surface area contributed by atoms with Crippen molar-refractivity contribution < 1.29 is 28.6 Å². The van der Waals surface area contributed by atoms with E-state index in [2.05, 4.69) is 5.16 Å². The van der Waals surface area contributed by atoms with Gasteiger partial charge < -0.3 is 28.6 Å². The van der Waals surface area contributed by atoms with E-state index in [4.69, 9.17) is 55.6 Å². The number of methoxy groups -OCH3 is 1. The average Bonchev–Trinajstić information content (AvgIpc) is 4.03. The second kappa shape index (κ2) is 13.6. The van der Waals surface area contributed by atoms with Gasteiger partial charge in [-0.25, -0.2) is 0 Å². The fourth-order valence-electron chi connectivity index (χ4n) is 7.49. The summed E-state index contributed by atoms with van der Waals surface area (Å²) < 4.78 is 29.6. The molecule has 6 bridgehead atoms. The highest BCUT2D eigenvalue weighted by Crippen LogP contribution is 2.50. The number of ether oxygens (including phenoxy) is 4. The Morgan fingerprint density at radius 1 is 0.649 bits per heavy atom. The second-order valence-corrected chi connectivity index (χ2v) is 14.2. The molecular weight excluding hydrogens is 744 g/mol. The highest BCUT2D eigenvalue weighted by Gasteiger charge is 2.60. The molecule has 0 amide bonds. The number of aromatic nitrogens is 4. The van der Waals surface area contributed by atoms with E-state index in [1.807, 2.05) is 147 Å². The summed E-state index contributed by atoms with van der Waals surface area (Å²) in [5.74, 6) is 0.339. The standard InChI is InChI=1S/C44H33ClN6O6/c1-26-36-39-38(28-14-18-30(45)19-15-28)40(56-48-39)44(29-16-20-33(52-3)21-17-29)55-41(49-57-44)37-27(2)47-51(32-12-8-5-9-13-32)43(37)54-35-24-22-34(23-25-35)53-42(36)50(46-26)31-10-6-4-7-11-31/h4-25,38,40H,1-3H3/t38-,40-,44+/m1/s1. The molecule has 0 N–H and O–H groups in total. The molecule has 5 aromatic carbocycles. The number of aryl methyl sites for hydroxylation is 2. The van der Waals surface area contributed by atoms with Gasteiger partial charge in [0.1, 0.15) is 28.5 Å². The molecule has 7 aromatic rings. The van der Waals surface area contributed by atoms with Crippen LogP contribution in [0.4, 0.5) is 0 Å². The Labute approximate surface area is 332 Å². The van der Waals surface area contributed by atoms with Crippen molar-refractivity contribution in [2.75, 3.05) is 7.11 Å². The van der Waals surface area contributed by atoms with E-state index in [1.165, 1.54) is 0 Å². The summed E-state index contributed by atoms with van der Waals surface area (Å²) in [6.45, 7) is 3.79. The Hall–Kier alpha value is -7.05. The van der Waals surface area contributed by atoms with E-state index in [0.717, 1.165) is 16.9 Å². The summed E-state index contributed by atoms with van der Waals surface area (Å²) in [4.78, 5) is 13.2. The van der Waals surface area contributed by atoms with E-state index in [-0.39, 0.29) is 5.90 Å². The molecule has 4 aliphatic rings. The molecule has 0 radical (unpaired) electrons. The van der Waals surface area contributed by atoms with Crippen LogP contribution in [0.1, 0.15) is 39.6 Å². The van der Waals surface area contributed by atoms with Crippen molar-refractivity contribution in [3.63, 3.8) is 0 Å². The van der Waals surface area contributed by atoms with Gasteiger partial charge in [0.05, 0.1) is 41.4 Å². The largest absolute Gasteiger partial charge is 0.497 e. The van der Waals surface area contributed by atoms with Crippen LogP contribution in [0.3, 0.4) is 0 Å². The number of halogens is 1. The summed E-state index contributed by atoms with van der Waals surface area (Å²) in [6.07, 6.45) is -0.962. The lowest BCUT2D eigenvalue weighted by molar-refractivity contribution is -0.240. The number of fused-ring (bicyclic) bond motifs is 2. The zero-order valence-corrected chi connectivity index (χ0v) is 31.6. The lowest BCUT2D eigenvalue weighted by Crippen LogP contribution is -2.46. The van der Waals surface area contributed by atoms with Gasteiger partial charge in [-0.05, 0) is 109 Å². The van der Waals surface area contributed by atoms with Gasteiger partial charge in [-0.2, -0.15) is 19.6 Å². The first kappa shape index (κ1) is 34.4. The predicted molar refractivity (Wildman–Crippen MR) is 212 cm³/mol. The topological polar surface area (TPSA) is 116 Å². The van der Waals surface area contributed by atoms with Crippen molar-refractivity contribution >= 4 is 23.2 Å². The van der Waals surface area contributed by atoms with E-state index in [9.17, 15) is 0 Å². The lowest BCUT2D eigenvalue weighted by atomic mass is 9.80. The van der Waals surface area contributed by atoms with Crippen LogP contribution in [-0.4, -0.2) is 44.4 Å². The summed E-state index contributed by atoms with van der Waals surface area (Å²) in [5.41, 5.74) is 5.93. The minimum absolute atomic E-state index is 0.146. The number of rotatable bonds is 5. The molecule has 12 nitrogen and oxygen atoms in total. The molecule has 57 heavy (non-hydrogen) atoms. The highest BCUT2D eigenvalue weighted by molar-refractivity contribution is 6.30. The van der Waals surface area contributed by atoms with Crippen LogP contribution in [0.25, 0.3) is 11.4 Å². The molecule has 0 spiro atoms. The summed E-state index contributed by atoms with van der Waals surface area (Å²) in [7, 11) is 1.61. The summed E-state index contributed by atoms with van der Waals surface area (Å²) in [6, 6.07) is 41.7. The van der Waals surface area contributed by atoms with Gasteiger partial charge in [-0.3, -0.25) is 0 Å². The Morgan fingerprint density at radius 3 is 1.79 bits per heavy atom. The van der Waals surface area contributed by atoms with E-state index >= 15 is 0 Å². The number of benzene rings is 5. The van der Waals surface area contributed by atoms with Crippen molar-refractivity contribution in [3.8, 4) is 40.4 Å². The molecule has 0 saturated carbocycles. The fraction of sp³-hybridized carbons (Fsp3) is 0.136. The van der Waals surface area contributed by atoms with Gasteiger partial charge in [0.25, 0.3) is 5.90 Å². The number of hydrogen-bond donors (Lipinski definition) is 0. The third-order valence-corrected chi connectivity index (χ3v) is 10.5. The van der Waals surface area contributed by atoms with Crippen LogP contribution in [0.2, 0.25) is 5.02 Å². The molecule has 0 aliphatic carbocycles. The van der Waals surface area contributed by atoms with Gasteiger partial charge in [-0.15, -0.1) is 0 Å². The SMILES string of the molecule is COc1ccc([C@@]23ON=C(O2)c2c(C)nn(-c4ccccc4)c2Oc2ccc(cc2)Oc2c(c(C)nn2-c2ccccc2)C2=NO[C@@H]3[C@@H]2c2ccc(Cl)cc2)cc1. The number of nitrogens with zero attached hydrogens (tertiary/aromatic N) is 6.